The van der Waals surface area contributed by atoms with Crippen LogP contribution in [0.15, 0.2) is 30.7 Å². The third-order valence-electron chi connectivity index (χ3n) is 1.96. The van der Waals surface area contributed by atoms with Gasteiger partial charge in [0.2, 0.25) is 0 Å². The van der Waals surface area contributed by atoms with E-state index in [1.165, 1.54) is 11.3 Å². The third-order valence-corrected chi connectivity index (χ3v) is 3.17. The normalized spacial score (nSPS) is 12.7. The van der Waals surface area contributed by atoms with Gasteiger partial charge in [-0.3, -0.25) is 4.98 Å². The van der Waals surface area contributed by atoms with E-state index in [1.807, 2.05) is 12.1 Å². The maximum Gasteiger partial charge on any atom is 0.123 e. The van der Waals surface area contributed by atoms with Crippen LogP contribution >= 0.6 is 22.9 Å². The number of rotatable bonds is 3. The zero-order valence-corrected chi connectivity index (χ0v) is 9.37. The summed E-state index contributed by atoms with van der Waals surface area (Å²) in [7, 11) is 0. The van der Waals surface area contributed by atoms with Gasteiger partial charge < -0.3 is 5.11 Å². The highest BCUT2D eigenvalue weighted by atomic mass is 35.5. The molecule has 5 heteroatoms. The number of halogens is 1. The van der Waals surface area contributed by atoms with Crippen molar-refractivity contribution in [2.75, 3.05) is 0 Å². The molecule has 0 aromatic carbocycles. The van der Waals surface area contributed by atoms with E-state index >= 15 is 0 Å². The molecule has 0 aliphatic heterocycles. The Morgan fingerprint density at radius 2 is 2.13 bits per heavy atom. The molecule has 0 aliphatic carbocycles. The molecule has 2 rings (SSSR count). The number of thiazole rings is 1. The maximum absolute atomic E-state index is 9.86. The molecule has 0 amide bonds. The van der Waals surface area contributed by atoms with Crippen LogP contribution in [0.3, 0.4) is 0 Å². The first-order valence-electron chi connectivity index (χ1n) is 4.44. The van der Waals surface area contributed by atoms with Gasteiger partial charge in [0.05, 0.1) is 6.20 Å². The van der Waals surface area contributed by atoms with E-state index in [0.29, 0.717) is 15.8 Å². The molecule has 3 nitrogen and oxygen atoms in total. The molecule has 0 spiro atoms. The second kappa shape index (κ2) is 4.70. The van der Waals surface area contributed by atoms with Gasteiger partial charge in [0.15, 0.2) is 0 Å². The summed E-state index contributed by atoms with van der Waals surface area (Å²) in [6, 6.07) is 3.75. The van der Waals surface area contributed by atoms with Crippen molar-refractivity contribution >= 4 is 22.9 Å². The standard InChI is InChI=1S/C10H9ClN2OS/c11-9-6-13-10(15-9)8(14)5-7-1-3-12-4-2-7/h1-4,6,8,14H,5H2. The topological polar surface area (TPSA) is 46.0 Å². The van der Waals surface area contributed by atoms with Crippen LogP contribution in [0, 0.1) is 0 Å². The van der Waals surface area contributed by atoms with Crippen molar-refractivity contribution in [1.82, 2.24) is 9.97 Å². The van der Waals surface area contributed by atoms with E-state index in [-0.39, 0.29) is 0 Å². The SMILES string of the molecule is OC(Cc1ccncc1)c1ncc(Cl)s1. The zero-order chi connectivity index (χ0) is 10.7. The minimum absolute atomic E-state index is 0.534. The van der Waals surface area contributed by atoms with Gasteiger partial charge in [0.1, 0.15) is 15.4 Å². The maximum atomic E-state index is 9.86. The summed E-state index contributed by atoms with van der Waals surface area (Å²) in [4.78, 5) is 7.95. The minimum Gasteiger partial charge on any atom is -0.386 e. The molecule has 1 atom stereocenters. The monoisotopic (exact) mass is 240 g/mol. The van der Waals surface area contributed by atoms with Crippen molar-refractivity contribution in [3.05, 3.63) is 45.6 Å². The number of aromatic nitrogens is 2. The van der Waals surface area contributed by atoms with E-state index in [4.69, 9.17) is 11.6 Å². The predicted molar refractivity (Wildman–Crippen MR) is 60.0 cm³/mol. The average Bonchev–Trinajstić information content (AvgIpc) is 2.66. The molecular formula is C10H9ClN2OS. The lowest BCUT2D eigenvalue weighted by molar-refractivity contribution is 0.178. The molecule has 0 saturated heterocycles. The number of aliphatic hydroxyl groups excluding tert-OH is 1. The van der Waals surface area contributed by atoms with Crippen LogP contribution in [-0.4, -0.2) is 15.1 Å². The van der Waals surface area contributed by atoms with E-state index in [9.17, 15) is 5.11 Å². The van der Waals surface area contributed by atoms with Gasteiger partial charge in [-0.2, -0.15) is 0 Å². The van der Waals surface area contributed by atoms with Crippen LogP contribution in [0.4, 0.5) is 0 Å². The molecule has 1 N–H and O–H groups in total. The summed E-state index contributed by atoms with van der Waals surface area (Å²) < 4.78 is 0.596. The van der Waals surface area contributed by atoms with Gasteiger partial charge in [-0.15, -0.1) is 11.3 Å². The number of aliphatic hydroxyl groups is 1. The van der Waals surface area contributed by atoms with E-state index in [2.05, 4.69) is 9.97 Å². The molecule has 0 radical (unpaired) electrons. The lowest BCUT2D eigenvalue weighted by Crippen LogP contribution is -2.00. The lowest BCUT2D eigenvalue weighted by Gasteiger charge is -2.06. The van der Waals surface area contributed by atoms with E-state index in [1.54, 1.807) is 18.6 Å². The molecule has 2 aromatic heterocycles. The van der Waals surface area contributed by atoms with Gasteiger partial charge in [-0.25, -0.2) is 4.98 Å². The molecular weight excluding hydrogens is 232 g/mol. The van der Waals surface area contributed by atoms with E-state index in [0.717, 1.165) is 5.56 Å². The fourth-order valence-electron chi connectivity index (χ4n) is 1.25. The number of pyridine rings is 1. The van der Waals surface area contributed by atoms with Gasteiger partial charge in [-0.05, 0) is 17.7 Å². The van der Waals surface area contributed by atoms with Gasteiger partial charge in [0.25, 0.3) is 0 Å². The molecule has 15 heavy (non-hydrogen) atoms. The first kappa shape index (κ1) is 10.5. The predicted octanol–water partition coefficient (Wildman–Crippen LogP) is 2.47. The molecule has 0 bridgehead atoms. The minimum atomic E-state index is -0.593. The van der Waals surface area contributed by atoms with Crippen LogP contribution in [0.2, 0.25) is 4.34 Å². The molecule has 0 aliphatic rings. The summed E-state index contributed by atoms with van der Waals surface area (Å²) in [6.07, 6.45) is 4.90. The Kier molecular flexibility index (Phi) is 3.30. The fraction of sp³-hybridized carbons (Fsp3) is 0.200. The van der Waals surface area contributed by atoms with Crippen molar-refractivity contribution in [3.8, 4) is 0 Å². The Morgan fingerprint density at radius 3 is 2.73 bits per heavy atom. The van der Waals surface area contributed by atoms with Gasteiger partial charge in [0, 0.05) is 18.8 Å². The van der Waals surface area contributed by atoms with Gasteiger partial charge in [-0.1, -0.05) is 11.6 Å². The molecule has 78 valence electrons. The van der Waals surface area contributed by atoms with Crippen LogP contribution in [-0.2, 0) is 6.42 Å². The Morgan fingerprint density at radius 1 is 1.40 bits per heavy atom. The number of hydrogen-bond acceptors (Lipinski definition) is 4. The fourth-order valence-corrected chi connectivity index (χ4v) is 2.17. The van der Waals surface area contributed by atoms with E-state index < -0.39 is 6.10 Å². The second-order valence-corrected chi connectivity index (χ2v) is 4.77. The lowest BCUT2D eigenvalue weighted by atomic mass is 10.1. The summed E-state index contributed by atoms with van der Waals surface area (Å²) in [6.45, 7) is 0. The highest BCUT2D eigenvalue weighted by molar-refractivity contribution is 7.15. The van der Waals surface area contributed by atoms with Crippen LogP contribution < -0.4 is 0 Å². The van der Waals surface area contributed by atoms with Crippen molar-refractivity contribution in [1.29, 1.82) is 0 Å². The Hall–Kier alpha value is -0.970. The van der Waals surface area contributed by atoms with Gasteiger partial charge >= 0.3 is 0 Å². The molecule has 0 saturated carbocycles. The Balaban J connectivity index is 2.07. The highest BCUT2D eigenvalue weighted by Gasteiger charge is 2.12. The van der Waals surface area contributed by atoms with Crippen LogP contribution in [0.25, 0.3) is 0 Å². The molecule has 1 unspecified atom stereocenters. The van der Waals surface area contributed by atoms with Crippen LogP contribution in [0.1, 0.15) is 16.7 Å². The first-order chi connectivity index (χ1) is 7.25. The quantitative estimate of drug-likeness (QED) is 0.897. The highest BCUT2D eigenvalue weighted by Crippen LogP contribution is 2.25. The van der Waals surface area contributed by atoms with Crippen molar-refractivity contribution in [2.24, 2.45) is 0 Å². The molecule has 2 heterocycles. The summed E-state index contributed by atoms with van der Waals surface area (Å²) >= 11 is 7.05. The Bertz CT molecular complexity index is 432. The molecule has 2 aromatic rings. The summed E-state index contributed by atoms with van der Waals surface area (Å²) in [5.41, 5.74) is 1.03. The number of nitrogens with zero attached hydrogens (tertiary/aromatic N) is 2. The zero-order valence-electron chi connectivity index (χ0n) is 7.80. The largest absolute Gasteiger partial charge is 0.386 e. The summed E-state index contributed by atoms with van der Waals surface area (Å²) in [5, 5.41) is 10.5. The smallest absolute Gasteiger partial charge is 0.123 e. The van der Waals surface area contributed by atoms with Crippen molar-refractivity contribution < 1.29 is 5.11 Å². The first-order valence-corrected chi connectivity index (χ1v) is 5.63. The number of hydrogen-bond donors (Lipinski definition) is 1. The average molecular weight is 241 g/mol. The third kappa shape index (κ3) is 2.75. The molecule has 0 fully saturated rings. The van der Waals surface area contributed by atoms with Crippen LogP contribution in [0.5, 0.6) is 0 Å². The van der Waals surface area contributed by atoms with Crippen molar-refractivity contribution in [2.45, 2.75) is 12.5 Å². The Labute approximate surface area is 96.4 Å². The summed E-state index contributed by atoms with van der Waals surface area (Å²) in [5.74, 6) is 0. The second-order valence-electron chi connectivity index (χ2n) is 3.08. The van der Waals surface area contributed by atoms with Crippen molar-refractivity contribution in [3.63, 3.8) is 0 Å².